The Hall–Kier alpha value is -4.73. The van der Waals surface area contributed by atoms with Gasteiger partial charge in [0.1, 0.15) is 22.8 Å². The van der Waals surface area contributed by atoms with Crippen LogP contribution < -0.4 is 20.1 Å². The molecule has 0 unspecified atom stereocenters. The third kappa shape index (κ3) is 6.06. The molecule has 0 spiro atoms. The Balaban J connectivity index is 1.65. The highest BCUT2D eigenvalue weighted by atomic mass is 32.2. The van der Waals surface area contributed by atoms with E-state index in [1.165, 1.54) is 13.0 Å². The lowest BCUT2D eigenvalue weighted by Gasteiger charge is -2.14. The second kappa shape index (κ2) is 11.8. The van der Waals surface area contributed by atoms with Crippen LogP contribution in [0.4, 0.5) is 23.2 Å². The van der Waals surface area contributed by atoms with Gasteiger partial charge in [-0.1, -0.05) is 6.07 Å². The van der Waals surface area contributed by atoms with Crippen LogP contribution in [0.1, 0.15) is 23.8 Å². The Kier molecular flexibility index (Phi) is 8.41. The molecule has 0 saturated heterocycles. The molecular formula is C25H22F4N6O5S. The highest BCUT2D eigenvalue weighted by molar-refractivity contribution is 7.92. The first-order chi connectivity index (χ1) is 19.4. The number of hydrogen-bond donors (Lipinski definition) is 4. The number of halogens is 4. The molecule has 4 rings (SSSR count). The Morgan fingerprint density at radius 3 is 2.46 bits per heavy atom. The van der Waals surface area contributed by atoms with Crippen molar-refractivity contribution in [3.05, 3.63) is 65.5 Å². The predicted molar refractivity (Wildman–Crippen MR) is 139 cm³/mol. The van der Waals surface area contributed by atoms with Crippen LogP contribution in [0.15, 0.2) is 41.4 Å². The summed E-state index contributed by atoms with van der Waals surface area (Å²) < 4.78 is 92.0. The second-order valence-electron chi connectivity index (χ2n) is 8.56. The van der Waals surface area contributed by atoms with Gasteiger partial charge in [-0.15, -0.1) is 0 Å². The van der Waals surface area contributed by atoms with Crippen molar-refractivity contribution in [3.8, 4) is 17.0 Å². The number of sulfonamides is 1. The maximum atomic E-state index is 15.5. The number of nitrogens with zero attached hydrogens (tertiary/aromatic N) is 2. The minimum Gasteiger partial charge on any atom is -0.480 e. The van der Waals surface area contributed by atoms with Gasteiger partial charge in [-0.05, 0) is 24.6 Å². The molecule has 2 aromatic carbocycles. The number of carbonyl (C=O) groups is 2. The van der Waals surface area contributed by atoms with E-state index in [0.29, 0.717) is 31.3 Å². The minimum absolute atomic E-state index is 0.0222. The van der Waals surface area contributed by atoms with Gasteiger partial charge in [0.05, 0.1) is 24.6 Å². The number of fused-ring (bicyclic) bond motifs is 1. The molecule has 0 radical (unpaired) electrons. The fourth-order valence-electron chi connectivity index (χ4n) is 3.89. The van der Waals surface area contributed by atoms with Crippen molar-refractivity contribution in [1.29, 1.82) is 0 Å². The fourth-order valence-corrected chi connectivity index (χ4v) is 5.08. The van der Waals surface area contributed by atoms with Crippen molar-refractivity contribution in [2.24, 2.45) is 0 Å². The van der Waals surface area contributed by atoms with Crippen molar-refractivity contribution in [2.45, 2.75) is 18.2 Å². The number of aromatic amines is 1. The molecule has 0 aliphatic heterocycles. The second-order valence-corrected chi connectivity index (χ2v) is 10.2. The molecule has 2 amide bonds. The van der Waals surface area contributed by atoms with E-state index in [2.05, 4.69) is 25.8 Å². The summed E-state index contributed by atoms with van der Waals surface area (Å²) in [7, 11) is -3.61. The lowest BCUT2D eigenvalue weighted by Crippen LogP contribution is -2.29. The lowest BCUT2D eigenvalue weighted by atomic mass is 10.0. The molecule has 0 fully saturated rings. The number of benzene rings is 2. The molecule has 0 bridgehead atoms. The molecule has 16 heteroatoms. The maximum Gasteiger partial charge on any atom is 0.269 e. The maximum absolute atomic E-state index is 15.5. The summed E-state index contributed by atoms with van der Waals surface area (Å²) in [5, 5.41) is 11.3. The number of carbonyl (C=O) groups excluding carboxylic acids is 2. The molecule has 2 heterocycles. The minimum atomic E-state index is -4.70. The lowest BCUT2D eigenvalue weighted by molar-refractivity contribution is -0.118. The molecular weight excluding hydrogens is 572 g/mol. The van der Waals surface area contributed by atoms with Crippen LogP contribution in [-0.2, 0) is 14.8 Å². The number of methoxy groups -OCH3 is 1. The first-order valence-electron chi connectivity index (χ1n) is 11.8. The Labute approximate surface area is 230 Å². The van der Waals surface area contributed by atoms with Crippen LogP contribution in [0, 0.1) is 23.3 Å². The average Bonchev–Trinajstić information content (AvgIpc) is 3.36. The number of aromatic nitrogens is 3. The van der Waals surface area contributed by atoms with Crippen LogP contribution in [-0.4, -0.2) is 55.6 Å². The van der Waals surface area contributed by atoms with E-state index < -0.39 is 72.3 Å². The predicted octanol–water partition coefficient (Wildman–Crippen LogP) is 3.25. The van der Waals surface area contributed by atoms with Gasteiger partial charge >= 0.3 is 0 Å². The van der Waals surface area contributed by atoms with Crippen molar-refractivity contribution in [2.75, 3.05) is 24.9 Å². The van der Waals surface area contributed by atoms with E-state index in [1.807, 2.05) is 4.72 Å². The van der Waals surface area contributed by atoms with E-state index in [0.717, 1.165) is 19.2 Å². The first kappa shape index (κ1) is 29.3. The molecule has 0 aliphatic carbocycles. The van der Waals surface area contributed by atoms with Gasteiger partial charge in [0.15, 0.2) is 16.5 Å². The molecule has 0 aliphatic rings. The molecule has 0 atom stereocenters. The number of H-pyrrole nitrogens is 1. The van der Waals surface area contributed by atoms with Gasteiger partial charge in [0, 0.05) is 37.0 Å². The topological polar surface area (TPSA) is 155 Å². The third-order valence-corrected chi connectivity index (χ3v) is 7.14. The monoisotopic (exact) mass is 594 g/mol. The Morgan fingerprint density at radius 1 is 1.02 bits per heavy atom. The molecule has 11 nitrogen and oxygen atoms in total. The van der Waals surface area contributed by atoms with E-state index in [4.69, 9.17) is 4.74 Å². The van der Waals surface area contributed by atoms with E-state index in [1.54, 1.807) is 0 Å². The normalized spacial score (nSPS) is 11.4. The van der Waals surface area contributed by atoms with Gasteiger partial charge in [-0.2, -0.15) is 5.10 Å². The van der Waals surface area contributed by atoms with Crippen molar-refractivity contribution in [1.82, 2.24) is 25.8 Å². The van der Waals surface area contributed by atoms with Crippen LogP contribution in [0.25, 0.3) is 22.0 Å². The van der Waals surface area contributed by atoms with Gasteiger partial charge in [-0.25, -0.2) is 31.0 Å². The summed E-state index contributed by atoms with van der Waals surface area (Å²) in [6, 6.07) is 4.32. The molecule has 41 heavy (non-hydrogen) atoms. The summed E-state index contributed by atoms with van der Waals surface area (Å²) in [5.41, 5.74) is -2.79. The van der Waals surface area contributed by atoms with Gasteiger partial charge in [-0.3, -0.25) is 19.4 Å². The SMILES string of the molecule is COc1ncc(F)cc1S(=O)(=O)Nc1ccc(F)c(-c2ccc3c(C(=O)NCCCNC(C)=O)[nH]nc3c2F)c1F. The zero-order valence-electron chi connectivity index (χ0n) is 21.4. The molecule has 2 aromatic heterocycles. The van der Waals surface area contributed by atoms with Crippen LogP contribution in [0.3, 0.4) is 0 Å². The number of pyridine rings is 1. The number of nitrogens with one attached hydrogen (secondary N) is 4. The smallest absolute Gasteiger partial charge is 0.269 e. The number of hydrogen-bond acceptors (Lipinski definition) is 7. The van der Waals surface area contributed by atoms with Gasteiger partial charge in [0.2, 0.25) is 11.8 Å². The standard InChI is InChI=1S/C25H22F4N6O5S/c1-12(36)30-8-3-9-31-24(37)23-15-5-4-14(20(28)22(15)33-34-23)19-16(27)6-7-17(21(19)29)35-41(38,39)18-10-13(26)11-32-25(18)40-2/h4-7,10-11,35H,3,8-9H2,1-2H3,(H,30,36)(H,31,37)(H,33,34). The first-order valence-corrected chi connectivity index (χ1v) is 13.3. The average molecular weight is 595 g/mol. The molecule has 0 saturated carbocycles. The molecule has 4 N–H and O–H groups in total. The van der Waals surface area contributed by atoms with Crippen LogP contribution in [0.2, 0.25) is 0 Å². The molecule has 216 valence electrons. The summed E-state index contributed by atoms with van der Waals surface area (Å²) >= 11 is 0. The summed E-state index contributed by atoms with van der Waals surface area (Å²) in [6.07, 6.45) is 1.14. The fraction of sp³-hybridized carbons (Fsp3) is 0.200. The van der Waals surface area contributed by atoms with E-state index in [-0.39, 0.29) is 23.5 Å². The summed E-state index contributed by atoms with van der Waals surface area (Å²) in [6.45, 7) is 1.87. The number of rotatable bonds is 10. The third-order valence-electron chi connectivity index (χ3n) is 5.78. The number of amides is 2. The summed E-state index contributed by atoms with van der Waals surface area (Å²) in [5.74, 6) is -6.22. The Bertz CT molecular complexity index is 1760. The van der Waals surface area contributed by atoms with Crippen molar-refractivity contribution >= 4 is 38.4 Å². The van der Waals surface area contributed by atoms with Crippen molar-refractivity contribution < 1.29 is 40.3 Å². The number of anilines is 1. The van der Waals surface area contributed by atoms with Gasteiger partial charge < -0.3 is 15.4 Å². The number of ether oxygens (including phenoxy) is 1. The highest BCUT2D eigenvalue weighted by Crippen LogP contribution is 2.36. The Morgan fingerprint density at radius 2 is 1.76 bits per heavy atom. The van der Waals surface area contributed by atoms with Gasteiger partial charge in [0.25, 0.3) is 15.9 Å². The quantitative estimate of drug-likeness (QED) is 0.162. The highest BCUT2D eigenvalue weighted by Gasteiger charge is 2.27. The van der Waals surface area contributed by atoms with Crippen molar-refractivity contribution in [3.63, 3.8) is 0 Å². The zero-order chi connectivity index (χ0) is 29.9. The zero-order valence-corrected chi connectivity index (χ0v) is 22.3. The van der Waals surface area contributed by atoms with E-state index >= 15 is 8.78 Å². The molecule has 4 aromatic rings. The van der Waals surface area contributed by atoms with Crippen LogP contribution >= 0.6 is 0 Å². The van der Waals surface area contributed by atoms with E-state index in [9.17, 15) is 26.8 Å². The van der Waals surface area contributed by atoms with Crippen LogP contribution in [0.5, 0.6) is 5.88 Å². The largest absolute Gasteiger partial charge is 0.480 e. The summed E-state index contributed by atoms with van der Waals surface area (Å²) in [4.78, 5) is 26.2.